The maximum absolute atomic E-state index is 11.5. The van der Waals surface area contributed by atoms with E-state index in [4.69, 9.17) is 0 Å². The quantitative estimate of drug-likeness (QED) is 0.596. The molecule has 1 N–H and O–H groups in total. The lowest BCUT2D eigenvalue weighted by Crippen LogP contribution is -2.34. The van der Waals surface area contributed by atoms with E-state index < -0.39 is 11.1 Å². The highest BCUT2D eigenvalue weighted by Crippen LogP contribution is 2.30. The first-order valence-corrected chi connectivity index (χ1v) is 5.60. The second-order valence-corrected chi connectivity index (χ2v) is 4.65. The molecule has 3 aromatic rings. The zero-order chi connectivity index (χ0) is 11.3. The average molecular weight is 232 g/mol. The number of aryl methyl sites for hydroxylation is 1. The number of aromatic nitrogens is 2. The molecule has 2 heterocycles. The van der Waals surface area contributed by atoms with E-state index >= 15 is 0 Å². The summed E-state index contributed by atoms with van der Waals surface area (Å²) in [6.07, 6.45) is 0. The highest BCUT2D eigenvalue weighted by atomic mass is 32.1. The van der Waals surface area contributed by atoms with E-state index in [2.05, 4.69) is 4.98 Å². The van der Waals surface area contributed by atoms with Crippen LogP contribution in [0.2, 0.25) is 0 Å². The summed E-state index contributed by atoms with van der Waals surface area (Å²) in [4.78, 5) is 26.3. The Hall–Kier alpha value is -1.88. The maximum Gasteiger partial charge on any atom is 0.316 e. The topological polar surface area (TPSA) is 54.9 Å². The summed E-state index contributed by atoms with van der Waals surface area (Å²) in [5, 5.41) is 0.998. The summed E-state index contributed by atoms with van der Waals surface area (Å²) in [5.74, 6) is 0. The number of hydrogen-bond acceptors (Lipinski definition) is 3. The van der Waals surface area contributed by atoms with E-state index in [1.165, 1.54) is 15.9 Å². The van der Waals surface area contributed by atoms with Crippen LogP contribution >= 0.6 is 11.3 Å². The number of nitrogens with zero attached hydrogens (tertiary/aromatic N) is 1. The van der Waals surface area contributed by atoms with Crippen LogP contribution < -0.4 is 11.1 Å². The second-order valence-electron chi connectivity index (χ2n) is 3.59. The Balaban J connectivity index is 2.73. The van der Waals surface area contributed by atoms with E-state index in [1.54, 1.807) is 7.05 Å². The van der Waals surface area contributed by atoms with Gasteiger partial charge in [-0.15, -0.1) is 11.3 Å². The molecule has 0 saturated heterocycles. The van der Waals surface area contributed by atoms with Gasteiger partial charge in [-0.2, -0.15) is 0 Å². The fourth-order valence-corrected chi connectivity index (χ4v) is 2.99. The highest BCUT2D eigenvalue weighted by molar-refractivity contribution is 7.25. The Morgan fingerprint density at radius 1 is 1.25 bits per heavy atom. The number of benzene rings is 1. The monoisotopic (exact) mass is 232 g/mol. The molecule has 0 radical (unpaired) electrons. The van der Waals surface area contributed by atoms with Crippen LogP contribution in [-0.2, 0) is 7.05 Å². The molecule has 0 bridgehead atoms. The number of H-pyrrole nitrogens is 1. The molecule has 5 heteroatoms. The number of thiophene rings is 1. The Morgan fingerprint density at radius 2 is 2.00 bits per heavy atom. The van der Waals surface area contributed by atoms with E-state index in [-0.39, 0.29) is 0 Å². The summed E-state index contributed by atoms with van der Waals surface area (Å²) < 4.78 is 2.47. The first kappa shape index (κ1) is 9.35. The highest BCUT2D eigenvalue weighted by Gasteiger charge is 2.10. The molecule has 0 aliphatic rings. The predicted molar refractivity (Wildman–Crippen MR) is 65.2 cm³/mol. The summed E-state index contributed by atoms with van der Waals surface area (Å²) >= 11 is 1.48. The van der Waals surface area contributed by atoms with Crippen molar-refractivity contribution in [2.75, 3.05) is 0 Å². The van der Waals surface area contributed by atoms with Gasteiger partial charge in [-0.1, -0.05) is 18.2 Å². The standard InChI is InChI=1S/C11H8N2O2S/c1-13-8-6-4-2-3-5-7(6)16-10(8)12-9(14)11(13)15/h2-5H,1H3,(H,12,14). The molecule has 0 aliphatic carbocycles. The summed E-state index contributed by atoms with van der Waals surface area (Å²) in [5.41, 5.74) is -0.289. The van der Waals surface area contributed by atoms with Crippen LogP contribution in [0.25, 0.3) is 20.4 Å². The Kier molecular flexibility index (Phi) is 1.79. The molecule has 0 fully saturated rings. The molecule has 16 heavy (non-hydrogen) atoms. The zero-order valence-electron chi connectivity index (χ0n) is 8.48. The number of hydrogen-bond donors (Lipinski definition) is 1. The summed E-state index contributed by atoms with van der Waals surface area (Å²) in [7, 11) is 1.62. The molecule has 80 valence electrons. The van der Waals surface area contributed by atoms with Gasteiger partial charge in [0.1, 0.15) is 4.83 Å². The lowest BCUT2D eigenvalue weighted by atomic mass is 10.2. The molecule has 4 nitrogen and oxygen atoms in total. The molecule has 0 amide bonds. The van der Waals surface area contributed by atoms with Crippen LogP contribution in [0.4, 0.5) is 0 Å². The van der Waals surface area contributed by atoms with Gasteiger partial charge < -0.3 is 9.55 Å². The predicted octanol–water partition coefficient (Wildman–Crippen LogP) is 1.44. The van der Waals surface area contributed by atoms with Crippen molar-refractivity contribution in [3.8, 4) is 0 Å². The van der Waals surface area contributed by atoms with E-state index in [0.29, 0.717) is 0 Å². The van der Waals surface area contributed by atoms with E-state index in [1.807, 2.05) is 24.3 Å². The minimum atomic E-state index is -0.568. The van der Waals surface area contributed by atoms with Crippen molar-refractivity contribution >= 4 is 31.8 Å². The normalized spacial score (nSPS) is 11.3. The van der Waals surface area contributed by atoms with Gasteiger partial charge in [0.25, 0.3) is 0 Å². The molecule has 1 aromatic carbocycles. The molecular weight excluding hydrogens is 224 g/mol. The Morgan fingerprint density at radius 3 is 2.81 bits per heavy atom. The van der Waals surface area contributed by atoms with Crippen molar-refractivity contribution in [2.24, 2.45) is 7.05 Å². The SMILES string of the molecule is Cn1c(=O)c(=O)[nH]c2sc3ccccc3c21. The molecule has 0 aliphatic heterocycles. The minimum absolute atomic E-state index is 0.518. The Labute approximate surface area is 93.8 Å². The average Bonchev–Trinajstić information content (AvgIpc) is 2.64. The van der Waals surface area contributed by atoms with Gasteiger partial charge in [0, 0.05) is 17.1 Å². The maximum atomic E-state index is 11.5. The molecular formula is C11H8N2O2S. The lowest BCUT2D eigenvalue weighted by Gasteiger charge is -1.98. The van der Waals surface area contributed by atoms with Crippen LogP contribution in [0.3, 0.4) is 0 Å². The lowest BCUT2D eigenvalue weighted by molar-refractivity contribution is 0.880. The number of nitrogens with one attached hydrogen (secondary N) is 1. The number of fused-ring (bicyclic) bond motifs is 3. The third-order valence-electron chi connectivity index (χ3n) is 2.63. The third kappa shape index (κ3) is 1.09. The van der Waals surface area contributed by atoms with Crippen molar-refractivity contribution in [3.05, 3.63) is 45.0 Å². The number of rotatable bonds is 0. The van der Waals surface area contributed by atoms with Crippen molar-refractivity contribution in [2.45, 2.75) is 0 Å². The first-order chi connectivity index (χ1) is 7.68. The Bertz CT molecular complexity index is 810. The molecule has 0 unspecified atom stereocenters. The van der Waals surface area contributed by atoms with Gasteiger partial charge in [-0.05, 0) is 6.07 Å². The zero-order valence-corrected chi connectivity index (χ0v) is 9.30. The summed E-state index contributed by atoms with van der Waals surface area (Å²) in [6.45, 7) is 0. The van der Waals surface area contributed by atoms with Crippen LogP contribution in [0.15, 0.2) is 33.9 Å². The van der Waals surface area contributed by atoms with Gasteiger partial charge in [0.2, 0.25) is 0 Å². The van der Waals surface area contributed by atoms with Crippen molar-refractivity contribution in [1.29, 1.82) is 0 Å². The fraction of sp³-hybridized carbons (Fsp3) is 0.0909. The van der Waals surface area contributed by atoms with Gasteiger partial charge >= 0.3 is 11.1 Å². The largest absolute Gasteiger partial charge is 0.316 e. The van der Waals surface area contributed by atoms with Crippen molar-refractivity contribution in [1.82, 2.24) is 9.55 Å². The second kappa shape index (κ2) is 3.05. The van der Waals surface area contributed by atoms with E-state index in [0.717, 1.165) is 20.4 Å². The van der Waals surface area contributed by atoms with Crippen LogP contribution in [0.1, 0.15) is 0 Å². The summed E-state index contributed by atoms with van der Waals surface area (Å²) in [6, 6.07) is 7.78. The minimum Gasteiger partial charge on any atom is -0.308 e. The molecule has 3 rings (SSSR count). The molecule has 0 spiro atoms. The van der Waals surface area contributed by atoms with E-state index in [9.17, 15) is 9.59 Å². The molecule has 0 saturated carbocycles. The van der Waals surface area contributed by atoms with Crippen LogP contribution in [0.5, 0.6) is 0 Å². The van der Waals surface area contributed by atoms with Crippen molar-refractivity contribution in [3.63, 3.8) is 0 Å². The molecule has 2 aromatic heterocycles. The molecule has 0 atom stereocenters. The van der Waals surface area contributed by atoms with Gasteiger partial charge in [0.15, 0.2) is 0 Å². The fourth-order valence-electron chi connectivity index (χ4n) is 1.86. The van der Waals surface area contributed by atoms with Crippen LogP contribution in [0, 0.1) is 0 Å². The van der Waals surface area contributed by atoms with Gasteiger partial charge in [-0.25, -0.2) is 0 Å². The smallest absolute Gasteiger partial charge is 0.308 e. The third-order valence-corrected chi connectivity index (χ3v) is 3.71. The first-order valence-electron chi connectivity index (χ1n) is 4.79. The van der Waals surface area contributed by atoms with Crippen molar-refractivity contribution < 1.29 is 0 Å². The van der Waals surface area contributed by atoms with Gasteiger partial charge in [0.05, 0.1) is 5.52 Å². The van der Waals surface area contributed by atoms with Gasteiger partial charge in [-0.3, -0.25) is 9.59 Å². The van der Waals surface area contributed by atoms with Crippen LogP contribution in [-0.4, -0.2) is 9.55 Å². The number of aromatic amines is 1.